The van der Waals surface area contributed by atoms with Crippen molar-refractivity contribution in [1.29, 1.82) is 0 Å². The number of hydrogen-bond donors (Lipinski definition) is 1. The van der Waals surface area contributed by atoms with Gasteiger partial charge in [0, 0.05) is 39.0 Å². The molecule has 1 saturated carbocycles. The Hall–Kier alpha value is -2.68. The zero-order chi connectivity index (χ0) is 23.9. The van der Waals surface area contributed by atoms with Crippen molar-refractivity contribution in [3.8, 4) is 5.75 Å². The number of halogens is 3. The standard InChI is InChI=1S/C24H28ClF2N5O2/c1-34-17-3-5-19(29-21(17)32-14-10-24(26,27)11-15-32)30-22(33)16-2-4-18(25)28-20(16)31-12-8-23(6-7-23)9-13-31/h2-5H,6-15H2,1H3,(H,29,30,33). The summed E-state index contributed by atoms with van der Waals surface area (Å²) in [5, 5.41) is 3.18. The van der Waals surface area contributed by atoms with E-state index in [9.17, 15) is 13.6 Å². The van der Waals surface area contributed by atoms with Crippen LogP contribution < -0.4 is 19.9 Å². The molecule has 2 aromatic rings. The van der Waals surface area contributed by atoms with Crippen LogP contribution in [0.4, 0.5) is 26.2 Å². The molecule has 7 nitrogen and oxygen atoms in total. The normalized spacial score (nSPS) is 20.8. The SMILES string of the molecule is COc1ccc(NC(=O)c2ccc(Cl)nc2N2CCC3(CC2)CC3)nc1N1CCC(F)(F)CC1. The molecule has 3 fully saturated rings. The Morgan fingerprint density at radius 2 is 1.59 bits per heavy atom. The lowest BCUT2D eigenvalue weighted by atomic mass is 9.93. The quantitative estimate of drug-likeness (QED) is 0.593. The van der Waals surface area contributed by atoms with Crippen LogP contribution in [0.5, 0.6) is 5.75 Å². The zero-order valence-corrected chi connectivity index (χ0v) is 19.9. The Labute approximate surface area is 202 Å². The first-order valence-electron chi connectivity index (χ1n) is 11.7. The van der Waals surface area contributed by atoms with Crippen molar-refractivity contribution in [2.45, 2.75) is 44.4 Å². The van der Waals surface area contributed by atoms with Gasteiger partial charge in [-0.3, -0.25) is 4.79 Å². The van der Waals surface area contributed by atoms with Crippen LogP contribution in [0, 0.1) is 5.41 Å². The van der Waals surface area contributed by atoms with Gasteiger partial charge in [0.25, 0.3) is 11.8 Å². The molecule has 0 aromatic carbocycles. The lowest BCUT2D eigenvalue weighted by Gasteiger charge is -2.34. The van der Waals surface area contributed by atoms with Gasteiger partial charge in [0.2, 0.25) is 0 Å². The summed E-state index contributed by atoms with van der Waals surface area (Å²) in [6, 6.07) is 6.61. The van der Waals surface area contributed by atoms with Gasteiger partial charge in [0.05, 0.1) is 12.7 Å². The summed E-state index contributed by atoms with van der Waals surface area (Å²) in [6.07, 6.45) is 4.28. The monoisotopic (exact) mass is 491 g/mol. The first-order valence-corrected chi connectivity index (χ1v) is 12.1. The molecule has 0 unspecified atom stereocenters. The predicted octanol–water partition coefficient (Wildman–Crippen LogP) is 5.01. The number of hydrogen-bond acceptors (Lipinski definition) is 6. The molecule has 0 radical (unpaired) electrons. The van der Waals surface area contributed by atoms with E-state index in [1.54, 1.807) is 29.2 Å². The second kappa shape index (κ2) is 8.83. The summed E-state index contributed by atoms with van der Waals surface area (Å²) in [7, 11) is 1.51. The fourth-order valence-corrected chi connectivity index (χ4v) is 4.98. The molecular formula is C24H28ClF2N5O2. The summed E-state index contributed by atoms with van der Waals surface area (Å²) >= 11 is 6.17. The fourth-order valence-electron chi connectivity index (χ4n) is 4.83. The van der Waals surface area contributed by atoms with Gasteiger partial charge in [0.15, 0.2) is 11.6 Å². The molecule has 3 aliphatic rings. The summed E-state index contributed by atoms with van der Waals surface area (Å²) in [6.45, 7) is 2.02. The maximum atomic E-state index is 13.6. The fraction of sp³-hybridized carbons (Fsp3) is 0.542. The van der Waals surface area contributed by atoms with Crippen molar-refractivity contribution in [3.05, 3.63) is 35.0 Å². The Kier molecular flexibility index (Phi) is 6.00. The largest absolute Gasteiger partial charge is 0.493 e. The van der Waals surface area contributed by atoms with Gasteiger partial charge in [-0.1, -0.05) is 11.6 Å². The number of carbonyl (C=O) groups is 1. The minimum absolute atomic E-state index is 0.162. The minimum Gasteiger partial charge on any atom is -0.493 e. The summed E-state index contributed by atoms with van der Waals surface area (Å²) in [5.41, 5.74) is 0.923. The maximum absolute atomic E-state index is 13.6. The Morgan fingerprint density at radius 1 is 0.941 bits per heavy atom. The van der Waals surface area contributed by atoms with Crippen LogP contribution in [0.15, 0.2) is 24.3 Å². The highest BCUT2D eigenvalue weighted by molar-refractivity contribution is 6.29. The molecule has 1 amide bonds. The average molecular weight is 492 g/mol. The summed E-state index contributed by atoms with van der Waals surface area (Å²) in [5.74, 6) is -1.21. The van der Waals surface area contributed by atoms with E-state index in [4.69, 9.17) is 16.3 Å². The van der Waals surface area contributed by atoms with Gasteiger partial charge < -0.3 is 19.9 Å². The highest BCUT2D eigenvalue weighted by Gasteiger charge is 2.45. The van der Waals surface area contributed by atoms with E-state index in [0.717, 1.165) is 25.9 Å². The Balaban J connectivity index is 1.35. The molecule has 5 rings (SSSR count). The second-order valence-corrected chi connectivity index (χ2v) is 9.90. The molecule has 1 N–H and O–H groups in total. The van der Waals surface area contributed by atoms with Crippen molar-refractivity contribution in [2.24, 2.45) is 5.41 Å². The topological polar surface area (TPSA) is 70.6 Å². The maximum Gasteiger partial charge on any atom is 0.260 e. The Bertz CT molecular complexity index is 1080. The van der Waals surface area contributed by atoms with Crippen LogP contribution in [-0.2, 0) is 0 Å². The van der Waals surface area contributed by atoms with E-state index in [1.807, 2.05) is 0 Å². The van der Waals surface area contributed by atoms with E-state index in [-0.39, 0.29) is 31.8 Å². The Morgan fingerprint density at radius 3 is 2.24 bits per heavy atom. The number of rotatable bonds is 5. The molecule has 4 heterocycles. The number of pyridine rings is 2. The number of methoxy groups -OCH3 is 1. The van der Waals surface area contributed by atoms with E-state index in [2.05, 4.69) is 20.2 Å². The van der Waals surface area contributed by atoms with E-state index in [1.165, 1.54) is 20.0 Å². The molecule has 0 bridgehead atoms. The molecule has 1 spiro atoms. The molecule has 2 saturated heterocycles. The second-order valence-electron chi connectivity index (χ2n) is 9.51. The van der Waals surface area contributed by atoms with Gasteiger partial charge in [-0.25, -0.2) is 18.7 Å². The molecule has 2 aliphatic heterocycles. The number of nitrogens with zero attached hydrogens (tertiary/aromatic N) is 4. The van der Waals surface area contributed by atoms with E-state index in [0.29, 0.717) is 39.3 Å². The van der Waals surface area contributed by atoms with E-state index >= 15 is 0 Å². The van der Waals surface area contributed by atoms with Crippen LogP contribution in [0.3, 0.4) is 0 Å². The smallest absolute Gasteiger partial charge is 0.260 e. The summed E-state index contributed by atoms with van der Waals surface area (Å²) < 4.78 is 32.6. The van der Waals surface area contributed by atoms with Gasteiger partial charge in [0.1, 0.15) is 16.8 Å². The lowest BCUT2D eigenvalue weighted by Crippen LogP contribution is -2.40. The minimum atomic E-state index is -2.67. The van der Waals surface area contributed by atoms with Crippen LogP contribution in [0.1, 0.15) is 48.9 Å². The summed E-state index contributed by atoms with van der Waals surface area (Å²) in [4.78, 5) is 26.1. The predicted molar refractivity (Wildman–Crippen MR) is 127 cm³/mol. The first-order chi connectivity index (χ1) is 16.3. The van der Waals surface area contributed by atoms with Crippen molar-refractivity contribution >= 4 is 35.0 Å². The first kappa shape index (κ1) is 23.1. The molecule has 0 atom stereocenters. The third-order valence-corrected chi connectivity index (χ3v) is 7.47. The zero-order valence-electron chi connectivity index (χ0n) is 19.1. The third-order valence-electron chi connectivity index (χ3n) is 7.26. The third kappa shape index (κ3) is 4.76. The molecular weight excluding hydrogens is 464 g/mol. The van der Waals surface area contributed by atoms with E-state index < -0.39 is 5.92 Å². The average Bonchev–Trinajstić information content (AvgIpc) is 3.58. The molecule has 34 heavy (non-hydrogen) atoms. The number of nitrogens with one attached hydrogen (secondary N) is 1. The number of aromatic nitrogens is 2. The highest BCUT2D eigenvalue weighted by atomic mass is 35.5. The number of alkyl halides is 2. The number of ether oxygens (including phenoxy) is 1. The van der Waals surface area contributed by atoms with Crippen LogP contribution in [0.2, 0.25) is 5.15 Å². The number of carbonyl (C=O) groups excluding carboxylic acids is 1. The van der Waals surface area contributed by atoms with Crippen LogP contribution >= 0.6 is 11.6 Å². The van der Waals surface area contributed by atoms with Crippen molar-refractivity contribution < 1.29 is 18.3 Å². The number of amides is 1. The highest BCUT2D eigenvalue weighted by Crippen LogP contribution is 2.54. The van der Waals surface area contributed by atoms with Crippen LogP contribution in [0.25, 0.3) is 0 Å². The van der Waals surface area contributed by atoms with Crippen molar-refractivity contribution in [2.75, 3.05) is 48.4 Å². The molecule has 182 valence electrons. The van der Waals surface area contributed by atoms with Gasteiger partial charge in [-0.05, 0) is 55.4 Å². The molecule has 2 aromatic heterocycles. The van der Waals surface area contributed by atoms with Gasteiger partial charge in [-0.2, -0.15) is 0 Å². The van der Waals surface area contributed by atoms with Crippen molar-refractivity contribution in [1.82, 2.24) is 9.97 Å². The van der Waals surface area contributed by atoms with Gasteiger partial charge >= 0.3 is 0 Å². The molecule has 10 heteroatoms. The number of piperidine rings is 2. The van der Waals surface area contributed by atoms with Gasteiger partial charge in [-0.15, -0.1) is 0 Å². The van der Waals surface area contributed by atoms with Crippen LogP contribution in [-0.4, -0.2) is 55.1 Å². The molecule has 1 aliphatic carbocycles. The lowest BCUT2D eigenvalue weighted by molar-refractivity contribution is -0.0222. The van der Waals surface area contributed by atoms with Crippen molar-refractivity contribution in [3.63, 3.8) is 0 Å². The number of anilines is 3.